The van der Waals surface area contributed by atoms with E-state index in [1.807, 2.05) is 0 Å². The first kappa shape index (κ1) is 12.8. The van der Waals surface area contributed by atoms with Crippen LogP contribution < -0.4 is 5.32 Å². The summed E-state index contributed by atoms with van der Waals surface area (Å²) >= 11 is 0. The molecule has 0 fully saturated rings. The molecule has 1 aromatic rings. The average molecular weight is 227 g/mol. The summed E-state index contributed by atoms with van der Waals surface area (Å²) in [6, 6.07) is 3.43. The molecule has 1 rings (SSSR count). The van der Waals surface area contributed by atoms with Gasteiger partial charge in [-0.3, -0.25) is 0 Å². The Morgan fingerprint density at radius 3 is 2.75 bits per heavy atom. The first-order valence-corrected chi connectivity index (χ1v) is 5.09. The maximum atomic E-state index is 12.9. The molecule has 4 heteroatoms. The van der Waals surface area contributed by atoms with Gasteiger partial charge >= 0.3 is 0 Å². The van der Waals surface area contributed by atoms with Gasteiger partial charge in [0.2, 0.25) is 0 Å². The molecule has 0 amide bonds. The molecule has 0 bridgehead atoms. The van der Waals surface area contributed by atoms with Crippen molar-refractivity contribution in [3.63, 3.8) is 0 Å². The molecular weight excluding hydrogens is 212 g/mol. The zero-order chi connectivity index (χ0) is 12.0. The van der Waals surface area contributed by atoms with Crippen LogP contribution in [0, 0.1) is 11.6 Å². The molecule has 0 aliphatic heterocycles. The first-order valence-electron chi connectivity index (χ1n) is 5.09. The van der Waals surface area contributed by atoms with Crippen molar-refractivity contribution >= 4 is 0 Å². The minimum Gasteiger partial charge on any atom is -0.388 e. The van der Waals surface area contributed by atoms with Gasteiger partial charge in [-0.1, -0.05) is 12.1 Å². The molecule has 0 saturated carbocycles. The second-order valence-corrected chi connectivity index (χ2v) is 3.47. The van der Waals surface area contributed by atoms with Crippen molar-refractivity contribution in [2.75, 3.05) is 13.1 Å². The van der Waals surface area contributed by atoms with Crippen LogP contribution >= 0.6 is 0 Å². The van der Waals surface area contributed by atoms with E-state index in [0.29, 0.717) is 25.1 Å². The molecular formula is C12H15F2NO. The molecule has 1 unspecified atom stereocenters. The van der Waals surface area contributed by atoms with Gasteiger partial charge in [-0.15, -0.1) is 6.58 Å². The third-order valence-electron chi connectivity index (χ3n) is 2.21. The number of hydrogen-bond donors (Lipinski definition) is 2. The number of halogens is 2. The first-order chi connectivity index (χ1) is 7.65. The third kappa shape index (κ3) is 3.72. The number of aliphatic hydroxyl groups excluding tert-OH is 1. The van der Waals surface area contributed by atoms with Crippen molar-refractivity contribution in [3.05, 3.63) is 48.1 Å². The van der Waals surface area contributed by atoms with E-state index in [-0.39, 0.29) is 0 Å². The van der Waals surface area contributed by atoms with Crippen molar-refractivity contribution in [1.29, 1.82) is 0 Å². The highest BCUT2D eigenvalue weighted by Gasteiger charge is 2.10. The van der Waals surface area contributed by atoms with Crippen LogP contribution in [-0.4, -0.2) is 18.2 Å². The van der Waals surface area contributed by atoms with E-state index in [2.05, 4.69) is 11.9 Å². The highest BCUT2D eigenvalue weighted by Crippen LogP contribution is 2.18. The number of aliphatic hydroxyl groups is 1. The van der Waals surface area contributed by atoms with Gasteiger partial charge in [-0.25, -0.2) is 8.78 Å². The molecule has 1 aromatic carbocycles. The minimum atomic E-state index is -0.935. The van der Waals surface area contributed by atoms with Crippen LogP contribution in [0.15, 0.2) is 30.9 Å². The van der Waals surface area contributed by atoms with E-state index in [1.165, 1.54) is 6.07 Å². The van der Waals surface area contributed by atoms with Crippen LogP contribution in [0.1, 0.15) is 18.1 Å². The summed E-state index contributed by atoms with van der Waals surface area (Å²) < 4.78 is 25.5. The number of hydrogen-bond acceptors (Lipinski definition) is 2. The quantitative estimate of drug-likeness (QED) is 0.576. The smallest absolute Gasteiger partial charge is 0.159 e. The van der Waals surface area contributed by atoms with Crippen LogP contribution in [0.2, 0.25) is 0 Å². The zero-order valence-electron chi connectivity index (χ0n) is 8.92. The summed E-state index contributed by atoms with van der Waals surface area (Å²) in [6.07, 6.45) is 1.37. The second kappa shape index (κ2) is 6.35. The van der Waals surface area contributed by atoms with Crippen LogP contribution in [-0.2, 0) is 0 Å². The third-order valence-corrected chi connectivity index (χ3v) is 2.21. The summed E-state index contributed by atoms with van der Waals surface area (Å²) in [5.74, 6) is -1.84. The SMILES string of the molecule is C=CCNCCC(O)c1ccc(F)c(F)c1. The van der Waals surface area contributed by atoms with Gasteiger partial charge in [0.15, 0.2) is 11.6 Å². The fourth-order valence-electron chi connectivity index (χ4n) is 1.33. The van der Waals surface area contributed by atoms with Gasteiger partial charge in [0.1, 0.15) is 0 Å². The predicted octanol–water partition coefficient (Wildman–Crippen LogP) is 2.16. The fraction of sp³-hybridized carbons (Fsp3) is 0.333. The Kier molecular flexibility index (Phi) is 5.08. The number of nitrogens with one attached hydrogen (secondary N) is 1. The second-order valence-electron chi connectivity index (χ2n) is 3.47. The summed E-state index contributed by atoms with van der Waals surface area (Å²) in [7, 11) is 0. The number of benzene rings is 1. The Hall–Kier alpha value is -1.26. The predicted molar refractivity (Wildman–Crippen MR) is 59.0 cm³/mol. The van der Waals surface area contributed by atoms with E-state index in [4.69, 9.17) is 0 Å². The summed E-state index contributed by atoms with van der Waals surface area (Å²) in [5, 5.41) is 12.7. The molecule has 0 saturated heterocycles. The monoisotopic (exact) mass is 227 g/mol. The molecule has 2 nitrogen and oxygen atoms in total. The van der Waals surface area contributed by atoms with E-state index >= 15 is 0 Å². The minimum absolute atomic E-state index is 0.388. The highest BCUT2D eigenvalue weighted by atomic mass is 19.2. The van der Waals surface area contributed by atoms with Gasteiger partial charge < -0.3 is 10.4 Å². The van der Waals surface area contributed by atoms with Crippen molar-refractivity contribution in [2.45, 2.75) is 12.5 Å². The van der Waals surface area contributed by atoms with E-state index in [0.717, 1.165) is 12.1 Å². The van der Waals surface area contributed by atoms with Crippen molar-refractivity contribution in [2.24, 2.45) is 0 Å². The lowest BCUT2D eigenvalue weighted by atomic mass is 10.1. The van der Waals surface area contributed by atoms with Crippen LogP contribution in [0.25, 0.3) is 0 Å². The van der Waals surface area contributed by atoms with Gasteiger partial charge in [0, 0.05) is 6.54 Å². The Morgan fingerprint density at radius 2 is 2.12 bits per heavy atom. The Bertz CT molecular complexity index is 355. The molecule has 88 valence electrons. The van der Waals surface area contributed by atoms with E-state index in [9.17, 15) is 13.9 Å². The number of rotatable bonds is 6. The van der Waals surface area contributed by atoms with E-state index < -0.39 is 17.7 Å². The summed E-state index contributed by atoms with van der Waals surface area (Å²) in [5.41, 5.74) is 0.388. The standard InChI is InChI=1S/C12H15F2NO/c1-2-6-15-7-5-12(16)9-3-4-10(13)11(14)8-9/h2-4,8,12,15-16H,1,5-7H2. The summed E-state index contributed by atoms with van der Waals surface area (Å²) in [4.78, 5) is 0. The van der Waals surface area contributed by atoms with Crippen LogP contribution in [0.3, 0.4) is 0 Å². The molecule has 0 aliphatic carbocycles. The van der Waals surface area contributed by atoms with Gasteiger partial charge in [0.25, 0.3) is 0 Å². The van der Waals surface area contributed by atoms with E-state index in [1.54, 1.807) is 6.08 Å². The Morgan fingerprint density at radius 1 is 1.38 bits per heavy atom. The maximum Gasteiger partial charge on any atom is 0.159 e. The molecule has 0 spiro atoms. The van der Waals surface area contributed by atoms with Crippen molar-refractivity contribution in [3.8, 4) is 0 Å². The Labute approximate surface area is 93.6 Å². The Balaban J connectivity index is 2.49. The molecule has 16 heavy (non-hydrogen) atoms. The van der Waals surface area contributed by atoms with Crippen LogP contribution in [0.4, 0.5) is 8.78 Å². The maximum absolute atomic E-state index is 12.9. The molecule has 1 atom stereocenters. The topological polar surface area (TPSA) is 32.3 Å². The average Bonchev–Trinajstić information content (AvgIpc) is 2.28. The largest absolute Gasteiger partial charge is 0.388 e. The lowest BCUT2D eigenvalue weighted by Crippen LogP contribution is -2.17. The van der Waals surface area contributed by atoms with Gasteiger partial charge in [0.05, 0.1) is 6.10 Å². The zero-order valence-corrected chi connectivity index (χ0v) is 8.92. The summed E-state index contributed by atoms with van der Waals surface area (Å²) in [6.45, 7) is 4.79. The van der Waals surface area contributed by atoms with Gasteiger partial charge in [-0.05, 0) is 30.7 Å². The van der Waals surface area contributed by atoms with Crippen LogP contribution in [0.5, 0.6) is 0 Å². The van der Waals surface area contributed by atoms with Crippen molar-refractivity contribution < 1.29 is 13.9 Å². The lowest BCUT2D eigenvalue weighted by Gasteiger charge is -2.11. The molecule has 0 aliphatic rings. The molecule has 0 heterocycles. The normalized spacial score (nSPS) is 12.4. The molecule has 2 N–H and O–H groups in total. The fourth-order valence-corrected chi connectivity index (χ4v) is 1.33. The van der Waals surface area contributed by atoms with Gasteiger partial charge in [-0.2, -0.15) is 0 Å². The van der Waals surface area contributed by atoms with Crippen molar-refractivity contribution in [1.82, 2.24) is 5.32 Å². The molecule has 0 radical (unpaired) electrons. The lowest BCUT2D eigenvalue weighted by molar-refractivity contribution is 0.166. The molecule has 0 aromatic heterocycles. The highest BCUT2D eigenvalue weighted by molar-refractivity contribution is 5.19.